The zero-order chi connectivity index (χ0) is 40.6. The van der Waals surface area contributed by atoms with Gasteiger partial charge < -0.3 is 50.4 Å². The summed E-state index contributed by atoms with van der Waals surface area (Å²) in [6.07, 6.45) is -0.00114. The number of ether oxygens (including phenoxy) is 4. The first-order valence-electron chi connectivity index (χ1n) is 17.7. The van der Waals surface area contributed by atoms with E-state index in [1.807, 2.05) is 60.7 Å². The lowest BCUT2D eigenvalue weighted by molar-refractivity contribution is -0.140. The molecule has 0 bridgehead atoms. The van der Waals surface area contributed by atoms with Crippen LogP contribution in [0.15, 0.2) is 60.7 Å². The molecule has 2 aromatic carbocycles. The van der Waals surface area contributed by atoms with E-state index in [1.54, 1.807) is 41.5 Å². The van der Waals surface area contributed by atoms with Crippen LogP contribution in [0.5, 0.6) is 0 Å². The van der Waals surface area contributed by atoms with Crippen LogP contribution in [0.4, 0.5) is 19.2 Å². The minimum Gasteiger partial charge on any atom is -0.480 e. The van der Waals surface area contributed by atoms with Crippen molar-refractivity contribution in [2.45, 2.75) is 117 Å². The molecule has 0 aliphatic heterocycles. The molecule has 16 heteroatoms. The molecule has 2 rings (SSSR count). The number of amides is 4. The predicted molar refractivity (Wildman–Crippen MR) is 199 cm³/mol. The Labute approximate surface area is 316 Å². The van der Waals surface area contributed by atoms with E-state index >= 15 is 0 Å². The molecular formula is C38H56N4O12. The average molecular weight is 761 g/mol. The van der Waals surface area contributed by atoms with Crippen molar-refractivity contribution in [2.75, 3.05) is 13.1 Å². The SMILES string of the molecule is CC(C)(C)OC(=O)N[C@@H](CCCCNC(=O)OCc1ccccc1)C(=O)O.CC(C)(C)OC(=O)N[C@@H](CCCCNC(=O)OCc1ccccc1)C(=O)O. The highest BCUT2D eigenvalue weighted by molar-refractivity contribution is 5.80. The van der Waals surface area contributed by atoms with Gasteiger partial charge in [-0.15, -0.1) is 0 Å². The molecule has 300 valence electrons. The van der Waals surface area contributed by atoms with Crippen molar-refractivity contribution in [2.24, 2.45) is 0 Å². The van der Waals surface area contributed by atoms with Gasteiger partial charge in [0.2, 0.25) is 0 Å². The third kappa shape index (κ3) is 24.6. The van der Waals surface area contributed by atoms with Crippen molar-refractivity contribution in [1.29, 1.82) is 0 Å². The summed E-state index contributed by atoms with van der Waals surface area (Å²) in [5, 5.41) is 28.3. The average Bonchev–Trinajstić information content (AvgIpc) is 3.08. The van der Waals surface area contributed by atoms with E-state index in [0.29, 0.717) is 38.8 Å². The number of hydrogen-bond acceptors (Lipinski definition) is 10. The van der Waals surface area contributed by atoms with Crippen LogP contribution < -0.4 is 21.3 Å². The van der Waals surface area contributed by atoms with Crippen LogP contribution in [0.25, 0.3) is 0 Å². The van der Waals surface area contributed by atoms with Crippen molar-refractivity contribution >= 4 is 36.3 Å². The van der Waals surface area contributed by atoms with Crippen molar-refractivity contribution in [3.8, 4) is 0 Å². The van der Waals surface area contributed by atoms with Crippen molar-refractivity contribution < 1.29 is 57.9 Å². The molecule has 0 saturated carbocycles. The normalized spacial score (nSPS) is 12.0. The number of carbonyl (C=O) groups excluding carboxylic acids is 4. The predicted octanol–water partition coefficient (Wildman–Crippen LogP) is 6.12. The van der Waals surface area contributed by atoms with Crippen LogP contribution in [0.3, 0.4) is 0 Å². The largest absolute Gasteiger partial charge is 0.480 e. The molecule has 0 saturated heterocycles. The summed E-state index contributed by atoms with van der Waals surface area (Å²) < 4.78 is 20.3. The topological polar surface area (TPSA) is 228 Å². The molecule has 0 spiro atoms. The van der Waals surface area contributed by atoms with Crippen LogP contribution in [0, 0.1) is 0 Å². The second-order valence-electron chi connectivity index (χ2n) is 14.0. The summed E-state index contributed by atoms with van der Waals surface area (Å²) in [7, 11) is 0. The monoisotopic (exact) mass is 760 g/mol. The van der Waals surface area contributed by atoms with Gasteiger partial charge in [0.15, 0.2) is 0 Å². The van der Waals surface area contributed by atoms with Crippen LogP contribution in [-0.2, 0) is 41.8 Å². The zero-order valence-corrected chi connectivity index (χ0v) is 32.0. The second kappa shape index (κ2) is 24.7. The Hall–Kier alpha value is -5.54. The van der Waals surface area contributed by atoms with Gasteiger partial charge in [-0.1, -0.05) is 60.7 Å². The summed E-state index contributed by atoms with van der Waals surface area (Å²) in [4.78, 5) is 69.0. The fourth-order valence-electron chi connectivity index (χ4n) is 4.29. The fourth-order valence-corrected chi connectivity index (χ4v) is 4.29. The van der Waals surface area contributed by atoms with E-state index in [4.69, 9.17) is 18.9 Å². The van der Waals surface area contributed by atoms with Gasteiger partial charge in [0, 0.05) is 13.1 Å². The summed E-state index contributed by atoms with van der Waals surface area (Å²) in [5.74, 6) is -2.26. The van der Waals surface area contributed by atoms with E-state index in [2.05, 4.69) is 21.3 Å². The lowest BCUT2D eigenvalue weighted by atomic mass is 10.1. The van der Waals surface area contributed by atoms with Gasteiger partial charge in [-0.05, 0) is 91.2 Å². The van der Waals surface area contributed by atoms with E-state index < -0.39 is 59.6 Å². The molecule has 2 atom stereocenters. The molecule has 0 aliphatic rings. The standard InChI is InChI=1S/2C19H28N2O6/c2*1-19(2,3)27-18(25)21-15(16(22)23)11-7-8-12-20-17(24)26-13-14-9-5-4-6-10-14/h2*4-6,9-10,15H,7-8,11-13H2,1-3H3,(H,20,24)(H,21,25)(H,22,23)/t2*15-/m00/s1. The number of carboxylic acid groups (broad SMARTS) is 2. The van der Waals surface area contributed by atoms with Crippen molar-refractivity contribution in [1.82, 2.24) is 21.3 Å². The number of rotatable bonds is 18. The fraction of sp³-hybridized carbons (Fsp3) is 0.526. The lowest BCUT2D eigenvalue weighted by Crippen LogP contribution is -2.43. The second-order valence-corrected chi connectivity index (χ2v) is 14.0. The van der Waals surface area contributed by atoms with Gasteiger partial charge in [0.05, 0.1) is 0 Å². The minimum absolute atomic E-state index is 0.188. The van der Waals surface area contributed by atoms with E-state index in [9.17, 15) is 39.0 Å². The van der Waals surface area contributed by atoms with Crippen LogP contribution >= 0.6 is 0 Å². The van der Waals surface area contributed by atoms with Crippen LogP contribution in [-0.4, -0.2) is 82.9 Å². The molecule has 4 amide bonds. The highest BCUT2D eigenvalue weighted by Crippen LogP contribution is 2.10. The summed E-state index contributed by atoms with van der Waals surface area (Å²) in [6, 6.07) is 16.6. The first kappa shape index (κ1) is 46.5. The molecule has 16 nitrogen and oxygen atoms in total. The molecule has 2 aromatic rings. The van der Waals surface area contributed by atoms with E-state index in [1.165, 1.54) is 0 Å². The molecule has 0 fully saturated rings. The highest BCUT2D eigenvalue weighted by atomic mass is 16.6. The number of nitrogens with one attached hydrogen (secondary N) is 4. The Morgan fingerprint density at radius 2 is 0.870 bits per heavy atom. The molecule has 6 N–H and O–H groups in total. The molecule has 0 heterocycles. The number of carboxylic acids is 2. The van der Waals surface area contributed by atoms with Crippen molar-refractivity contribution in [3.63, 3.8) is 0 Å². The number of aliphatic carboxylic acids is 2. The van der Waals surface area contributed by atoms with Crippen molar-refractivity contribution in [3.05, 3.63) is 71.8 Å². The smallest absolute Gasteiger partial charge is 0.408 e. The summed E-state index contributed by atoms with van der Waals surface area (Å²) >= 11 is 0. The lowest BCUT2D eigenvalue weighted by Gasteiger charge is -2.22. The number of unbranched alkanes of at least 4 members (excludes halogenated alkanes) is 2. The molecular weight excluding hydrogens is 704 g/mol. The Kier molecular flexibility index (Phi) is 21.2. The minimum atomic E-state index is -1.13. The van der Waals surface area contributed by atoms with E-state index in [0.717, 1.165) is 11.1 Å². The van der Waals surface area contributed by atoms with Gasteiger partial charge in [0.1, 0.15) is 36.5 Å². The highest BCUT2D eigenvalue weighted by Gasteiger charge is 2.24. The molecule has 0 unspecified atom stereocenters. The molecule has 54 heavy (non-hydrogen) atoms. The van der Waals surface area contributed by atoms with Gasteiger partial charge in [-0.3, -0.25) is 0 Å². The summed E-state index contributed by atoms with van der Waals surface area (Å²) in [5.41, 5.74) is 0.393. The van der Waals surface area contributed by atoms with Crippen LogP contribution in [0.1, 0.15) is 91.2 Å². The van der Waals surface area contributed by atoms with Gasteiger partial charge in [-0.2, -0.15) is 0 Å². The number of benzene rings is 2. The Balaban J connectivity index is 0.000000540. The summed E-state index contributed by atoms with van der Waals surface area (Å²) in [6.45, 7) is 11.3. The Bertz CT molecular complexity index is 1330. The number of hydrogen-bond donors (Lipinski definition) is 6. The molecule has 0 radical (unpaired) electrons. The first-order valence-corrected chi connectivity index (χ1v) is 17.7. The number of carbonyl (C=O) groups is 6. The van der Waals surface area contributed by atoms with E-state index in [-0.39, 0.29) is 26.1 Å². The third-order valence-corrected chi connectivity index (χ3v) is 6.78. The van der Waals surface area contributed by atoms with Crippen LogP contribution in [0.2, 0.25) is 0 Å². The first-order chi connectivity index (χ1) is 25.3. The zero-order valence-electron chi connectivity index (χ0n) is 32.0. The Morgan fingerprint density at radius 1 is 0.537 bits per heavy atom. The number of alkyl carbamates (subject to hydrolysis) is 4. The maximum atomic E-state index is 11.7. The third-order valence-electron chi connectivity index (χ3n) is 6.78. The maximum absolute atomic E-state index is 11.7. The maximum Gasteiger partial charge on any atom is 0.408 e. The Morgan fingerprint density at radius 3 is 1.17 bits per heavy atom. The van der Waals surface area contributed by atoms with Gasteiger partial charge >= 0.3 is 36.3 Å². The quantitative estimate of drug-likeness (QED) is 0.0746. The van der Waals surface area contributed by atoms with Gasteiger partial charge in [-0.25, -0.2) is 28.8 Å². The molecule has 0 aliphatic carbocycles. The van der Waals surface area contributed by atoms with Gasteiger partial charge in [0.25, 0.3) is 0 Å². The molecule has 0 aromatic heterocycles.